The van der Waals surface area contributed by atoms with E-state index in [-0.39, 0.29) is 0 Å². The molecule has 1 aliphatic carbocycles. The Morgan fingerprint density at radius 2 is 1.95 bits per heavy atom. The molecule has 0 aromatic heterocycles. The maximum atomic E-state index is 11.8. The fourth-order valence-corrected chi connectivity index (χ4v) is 3.54. The minimum absolute atomic E-state index is 0.506. The Kier molecular flexibility index (Phi) is 3.72. The third-order valence-corrected chi connectivity index (χ3v) is 4.80. The molecule has 21 heavy (non-hydrogen) atoms. The average molecular weight is 311 g/mol. The van der Waals surface area contributed by atoms with E-state index in [4.69, 9.17) is 21.1 Å². The molecule has 2 aliphatic rings. The summed E-state index contributed by atoms with van der Waals surface area (Å²) in [4.78, 5) is 11.8. The van der Waals surface area contributed by atoms with Crippen LogP contribution < -0.4 is 0 Å². The summed E-state index contributed by atoms with van der Waals surface area (Å²) in [7, 11) is 0. The molecule has 1 heterocycles. The van der Waals surface area contributed by atoms with Gasteiger partial charge in [0.2, 0.25) is 0 Å². The molecule has 3 rings (SSSR count). The van der Waals surface area contributed by atoms with Crippen LogP contribution in [-0.4, -0.2) is 22.5 Å². The largest absolute Gasteiger partial charge is 0.479 e. The topological polar surface area (TPSA) is 55.8 Å². The van der Waals surface area contributed by atoms with Crippen molar-refractivity contribution in [3.8, 4) is 0 Å². The molecular weight excluding hydrogens is 292 g/mol. The summed E-state index contributed by atoms with van der Waals surface area (Å²) in [6, 6.07) is 7.20. The van der Waals surface area contributed by atoms with E-state index in [9.17, 15) is 9.90 Å². The van der Waals surface area contributed by atoms with Gasteiger partial charge in [0.05, 0.1) is 0 Å². The van der Waals surface area contributed by atoms with Crippen LogP contribution in [0.2, 0.25) is 5.02 Å². The second-order valence-corrected chi connectivity index (χ2v) is 6.41. The quantitative estimate of drug-likeness (QED) is 0.899. The molecule has 4 nitrogen and oxygen atoms in total. The maximum Gasteiger partial charge on any atom is 0.338 e. The number of halogens is 1. The van der Waals surface area contributed by atoms with Crippen LogP contribution in [0.3, 0.4) is 0 Å². The Morgan fingerprint density at radius 1 is 1.29 bits per heavy atom. The van der Waals surface area contributed by atoms with Gasteiger partial charge in [-0.3, -0.25) is 0 Å². The van der Waals surface area contributed by atoms with Crippen molar-refractivity contribution in [2.75, 3.05) is 0 Å². The lowest BCUT2D eigenvalue weighted by Gasteiger charge is -2.32. The minimum Gasteiger partial charge on any atom is -0.479 e. The van der Waals surface area contributed by atoms with E-state index in [2.05, 4.69) is 0 Å². The molecule has 1 aromatic carbocycles. The first-order valence-electron chi connectivity index (χ1n) is 7.33. The summed E-state index contributed by atoms with van der Waals surface area (Å²) in [5.41, 5.74) is -0.742. The van der Waals surface area contributed by atoms with Crippen molar-refractivity contribution in [1.29, 1.82) is 0 Å². The number of hydrogen-bond donors (Lipinski definition) is 1. The zero-order valence-electron chi connectivity index (χ0n) is 12.0. The number of ether oxygens (including phenoxy) is 2. The van der Waals surface area contributed by atoms with E-state index in [0.717, 1.165) is 32.1 Å². The Morgan fingerprint density at radius 3 is 2.57 bits per heavy atom. The number of carboxylic acid groups (broad SMARTS) is 1. The first-order valence-corrected chi connectivity index (χ1v) is 7.70. The zero-order chi connectivity index (χ0) is 15.1. The van der Waals surface area contributed by atoms with Gasteiger partial charge in [0, 0.05) is 23.4 Å². The van der Waals surface area contributed by atoms with Gasteiger partial charge in [-0.2, -0.15) is 0 Å². The fraction of sp³-hybridized carbons (Fsp3) is 0.562. The van der Waals surface area contributed by atoms with Gasteiger partial charge < -0.3 is 14.6 Å². The summed E-state index contributed by atoms with van der Waals surface area (Å²) >= 11 is 6.24. The Bertz CT molecular complexity index is 553. The van der Waals surface area contributed by atoms with Gasteiger partial charge in [-0.25, -0.2) is 4.79 Å². The van der Waals surface area contributed by atoms with E-state index < -0.39 is 23.5 Å². The van der Waals surface area contributed by atoms with Crippen LogP contribution in [-0.2, 0) is 14.3 Å². The van der Waals surface area contributed by atoms with Crippen LogP contribution >= 0.6 is 11.6 Å². The van der Waals surface area contributed by atoms with Crippen LogP contribution in [0.15, 0.2) is 24.3 Å². The van der Waals surface area contributed by atoms with Crippen LogP contribution in [0.1, 0.15) is 50.7 Å². The first-order chi connectivity index (χ1) is 9.97. The van der Waals surface area contributed by atoms with E-state index in [1.165, 1.54) is 0 Å². The summed E-state index contributed by atoms with van der Waals surface area (Å²) in [6.07, 6.45) is 3.89. The highest BCUT2D eigenvalue weighted by atomic mass is 35.5. The Hall–Kier alpha value is -1.10. The zero-order valence-corrected chi connectivity index (χ0v) is 12.7. The second kappa shape index (κ2) is 5.27. The predicted molar refractivity (Wildman–Crippen MR) is 78.2 cm³/mol. The molecule has 0 bridgehead atoms. The van der Waals surface area contributed by atoms with Crippen molar-refractivity contribution < 1.29 is 19.4 Å². The lowest BCUT2D eigenvalue weighted by molar-refractivity contribution is -0.211. The molecule has 1 N–H and O–H groups in total. The molecule has 1 aromatic rings. The molecule has 5 heteroatoms. The molecule has 0 radical (unpaired) electrons. The summed E-state index contributed by atoms with van der Waals surface area (Å²) in [6.45, 7) is 1.58. The van der Waals surface area contributed by atoms with Gasteiger partial charge in [-0.05, 0) is 25.8 Å². The standard InChI is InChI=1S/C16H19ClO4/c1-15(14(18)19)13(11-7-3-4-8-12(11)17)20-16(21-15)9-5-2-6-10-16/h3-4,7-8,13H,2,5-6,9-10H2,1H3,(H,18,19)/t13-,15+/m0/s1. The van der Waals surface area contributed by atoms with E-state index in [1.54, 1.807) is 19.1 Å². The first kappa shape index (κ1) is 14.8. The molecule has 0 amide bonds. The number of aliphatic carboxylic acids is 1. The molecular formula is C16H19ClO4. The predicted octanol–water partition coefficient (Wildman–Crippen LogP) is 3.93. The number of carboxylic acids is 1. The molecule has 2 atom stereocenters. The molecule has 1 aliphatic heterocycles. The molecule has 1 spiro atoms. The number of hydrogen-bond acceptors (Lipinski definition) is 3. The van der Waals surface area contributed by atoms with Crippen molar-refractivity contribution in [1.82, 2.24) is 0 Å². The van der Waals surface area contributed by atoms with Crippen molar-refractivity contribution in [2.45, 2.75) is 56.5 Å². The monoisotopic (exact) mass is 310 g/mol. The van der Waals surface area contributed by atoms with E-state index >= 15 is 0 Å². The molecule has 1 saturated heterocycles. The van der Waals surface area contributed by atoms with Crippen molar-refractivity contribution in [3.63, 3.8) is 0 Å². The lowest BCUT2D eigenvalue weighted by atomic mass is 9.93. The highest BCUT2D eigenvalue weighted by Gasteiger charge is 2.59. The average Bonchev–Trinajstić information content (AvgIpc) is 2.74. The van der Waals surface area contributed by atoms with Crippen molar-refractivity contribution in [2.24, 2.45) is 0 Å². The lowest BCUT2D eigenvalue weighted by Crippen LogP contribution is -2.42. The summed E-state index contributed by atoms with van der Waals surface area (Å²) < 4.78 is 12.1. The SMILES string of the molecule is C[C@@]1(C(=O)O)OC2(CCCCC2)O[C@H]1c1ccccc1Cl. The molecule has 0 unspecified atom stereocenters. The molecule has 1 saturated carbocycles. The highest BCUT2D eigenvalue weighted by molar-refractivity contribution is 6.31. The van der Waals surface area contributed by atoms with Crippen LogP contribution in [0.4, 0.5) is 0 Å². The van der Waals surface area contributed by atoms with Gasteiger partial charge in [-0.1, -0.05) is 36.2 Å². The fourth-order valence-electron chi connectivity index (χ4n) is 3.31. The number of rotatable bonds is 2. The van der Waals surface area contributed by atoms with Crippen LogP contribution in [0.5, 0.6) is 0 Å². The summed E-state index contributed by atoms with van der Waals surface area (Å²) in [5.74, 6) is -1.80. The third-order valence-electron chi connectivity index (χ3n) is 4.46. The van der Waals surface area contributed by atoms with Gasteiger partial charge in [0.25, 0.3) is 0 Å². The number of benzene rings is 1. The maximum absolute atomic E-state index is 11.8. The van der Waals surface area contributed by atoms with E-state index in [0.29, 0.717) is 10.6 Å². The Balaban J connectivity index is 2.01. The molecule has 114 valence electrons. The highest BCUT2D eigenvalue weighted by Crippen LogP contribution is 2.52. The third kappa shape index (κ3) is 2.45. The number of carbonyl (C=O) groups is 1. The van der Waals surface area contributed by atoms with Crippen LogP contribution in [0.25, 0.3) is 0 Å². The normalized spacial score (nSPS) is 31.4. The van der Waals surface area contributed by atoms with E-state index in [1.807, 2.05) is 12.1 Å². The minimum atomic E-state index is -1.41. The Labute approximate surface area is 129 Å². The van der Waals surface area contributed by atoms with Gasteiger partial charge >= 0.3 is 5.97 Å². The summed E-state index contributed by atoms with van der Waals surface area (Å²) in [5, 5.41) is 10.2. The van der Waals surface area contributed by atoms with Crippen LogP contribution in [0, 0.1) is 0 Å². The van der Waals surface area contributed by atoms with Crippen molar-refractivity contribution in [3.05, 3.63) is 34.9 Å². The smallest absolute Gasteiger partial charge is 0.338 e. The molecule has 2 fully saturated rings. The van der Waals surface area contributed by atoms with Gasteiger partial charge in [0.15, 0.2) is 11.4 Å². The van der Waals surface area contributed by atoms with Crippen molar-refractivity contribution >= 4 is 17.6 Å². The van der Waals surface area contributed by atoms with Gasteiger partial charge in [0.1, 0.15) is 6.10 Å². The second-order valence-electron chi connectivity index (χ2n) is 6.01. The van der Waals surface area contributed by atoms with Gasteiger partial charge in [-0.15, -0.1) is 0 Å².